The molecular formula is C21H22Cl2N4O3S2. The topological polar surface area (TPSA) is 104 Å². The van der Waals surface area contributed by atoms with Gasteiger partial charge in [0.25, 0.3) is 10.0 Å². The van der Waals surface area contributed by atoms with Gasteiger partial charge in [0.1, 0.15) is 16.5 Å². The SMILES string of the molecule is Cc1cc(S(=O)(=O)Nc2cc(N[C@H](C)CO)nc(SCc3ccccc3)n2)c(Cl)cc1Cl. The first-order valence-corrected chi connectivity index (χ1v) is 12.8. The van der Waals surface area contributed by atoms with Gasteiger partial charge >= 0.3 is 0 Å². The summed E-state index contributed by atoms with van der Waals surface area (Å²) in [5.41, 5.74) is 1.66. The number of rotatable bonds is 9. The molecule has 1 aromatic heterocycles. The minimum Gasteiger partial charge on any atom is -0.394 e. The number of halogens is 2. The second kappa shape index (κ2) is 10.7. The van der Waals surface area contributed by atoms with Crippen LogP contribution in [-0.2, 0) is 15.8 Å². The average Bonchev–Trinajstić information content (AvgIpc) is 2.75. The molecule has 0 fully saturated rings. The summed E-state index contributed by atoms with van der Waals surface area (Å²) in [7, 11) is -4.04. The predicted octanol–water partition coefficient (Wildman–Crippen LogP) is 4.98. The Morgan fingerprint density at radius 1 is 1.06 bits per heavy atom. The maximum Gasteiger partial charge on any atom is 0.264 e. The molecule has 11 heteroatoms. The van der Waals surface area contributed by atoms with E-state index in [0.29, 0.717) is 27.3 Å². The van der Waals surface area contributed by atoms with Crippen LogP contribution < -0.4 is 10.0 Å². The minimum absolute atomic E-state index is 0.00748. The van der Waals surface area contributed by atoms with Crippen LogP contribution in [0.25, 0.3) is 0 Å². The number of sulfonamides is 1. The first-order chi connectivity index (χ1) is 15.2. The van der Waals surface area contributed by atoms with Gasteiger partial charge in [-0.2, -0.15) is 0 Å². The summed E-state index contributed by atoms with van der Waals surface area (Å²) >= 11 is 13.5. The summed E-state index contributed by atoms with van der Waals surface area (Å²) in [4.78, 5) is 8.69. The summed E-state index contributed by atoms with van der Waals surface area (Å²) in [6.07, 6.45) is 0. The van der Waals surface area contributed by atoms with E-state index in [-0.39, 0.29) is 28.4 Å². The number of thioether (sulfide) groups is 1. The van der Waals surface area contributed by atoms with Gasteiger partial charge in [0, 0.05) is 22.9 Å². The highest BCUT2D eigenvalue weighted by Crippen LogP contribution is 2.30. The lowest BCUT2D eigenvalue weighted by molar-refractivity contribution is 0.281. The molecule has 0 bridgehead atoms. The fourth-order valence-corrected chi connectivity index (χ4v) is 5.30. The predicted molar refractivity (Wildman–Crippen MR) is 130 cm³/mol. The fraction of sp³-hybridized carbons (Fsp3) is 0.238. The average molecular weight is 513 g/mol. The number of aliphatic hydroxyl groups is 1. The summed E-state index contributed by atoms with van der Waals surface area (Å²) < 4.78 is 28.5. The van der Waals surface area contributed by atoms with Gasteiger partial charge in [-0.1, -0.05) is 65.3 Å². The molecule has 0 aliphatic rings. The smallest absolute Gasteiger partial charge is 0.264 e. The van der Waals surface area contributed by atoms with Crippen molar-refractivity contribution in [2.75, 3.05) is 16.6 Å². The van der Waals surface area contributed by atoms with Crippen LogP contribution in [-0.4, -0.2) is 36.1 Å². The molecule has 3 aromatic rings. The molecule has 0 saturated heterocycles. The van der Waals surface area contributed by atoms with Crippen molar-refractivity contribution in [1.29, 1.82) is 0 Å². The molecule has 0 spiro atoms. The molecule has 32 heavy (non-hydrogen) atoms. The number of hydrogen-bond donors (Lipinski definition) is 3. The zero-order valence-electron chi connectivity index (χ0n) is 17.3. The zero-order valence-corrected chi connectivity index (χ0v) is 20.5. The molecule has 0 aliphatic heterocycles. The Morgan fingerprint density at radius 3 is 2.44 bits per heavy atom. The molecule has 170 valence electrons. The molecule has 0 amide bonds. The number of hydrogen-bond acceptors (Lipinski definition) is 7. The molecule has 0 aliphatic carbocycles. The van der Waals surface area contributed by atoms with Gasteiger partial charge in [-0.15, -0.1) is 0 Å². The third kappa shape index (κ3) is 6.49. The van der Waals surface area contributed by atoms with Crippen molar-refractivity contribution in [3.05, 3.63) is 69.7 Å². The fourth-order valence-electron chi connectivity index (χ4n) is 2.67. The van der Waals surface area contributed by atoms with E-state index in [2.05, 4.69) is 20.0 Å². The Balaban J connectivity index is 1.91. The van der Waals surface area contributed by atoms with Crippen molar-refractivity contribution in [2.45, 2.75) is 35.7 Å². The monoisotopic (exact) mass is 512 g/mol. The second-order valence-electron chi connectivity index (χ2n) is 7.06. The Hall–Kier alpha value is -2.04. The van der Waals surface area contributed by atoms with E-state index in [0.717, 1.165) is 5.56 Å². The van der Waals surface area contributed by atoms with Crippen molar-refractivity contribution in [3.8, 4) is 0 Å². The zero-order chi connectivity index (χ0) is 23.3. The third-order valence-corrected chi connectivity index (χ3v) is 7.47. The molecule has 3 rings (SSSR count). The highest BCUT2D eigenvalue weighted by Gasteiger charge is 2.21. The van der Waals surface area contributed by atoms with Gasteiger partial charge in [0.15, 0.2) is 5.16 Å². The van der Waals surface area contributed by atoms with E-state index in [1.54, 1.807) is 13.8 Å². The van der Waals surface area contributed by atoms with Crippen LogP contribution >= 0.6 is 35.0 Å². The molecular weight excluding hydrogens is 491 g/mol. The summed E-state index contributed by atoms with van der Waals surface area (Å²) in [6, 6.07) is 13.8. The van der Waals surface area contributed by atoms with Crippen LogP contribution in [0.15, 0.2) is 58.6 Å². The molecule has 3 N–H and O–H groups in total. The summed E-state index contributed by atoms with van der Waals surface area (Å²) in [6.45, 7) is 3.36. The lowest BCUT2D eigenvalue weighted by atomic mass is 10.2. The molecule has 7 nitrogen and oxygen atoms in total. The molecule has 1 heterocycles. The van der Waals surface area contributed by atoms with Crippen LogP contribution in [0, 0.1) is 6.92 Å². The lowest BCUT2D eigenvalue weighted by Crippen LogP contribution is -2.21. The van der Waals surface area contributed by atoms with Crippen molar-refractivity contribution < 1.29 is 13.5 Å². The number of aryl methyl sites for hydroxylation is 1. The van der Waals surface area contributed by atoms with Gasteiger partial charge < -0.3 is 10.4 Å². The quantitative estimate of drug-likeness (QED) is 0.274. The van der Waals surface area contributed by atoms with E-state index in [1.165, 1.54) is 30.0 Å². The van der Waals surface area contributed by atoms with Crippen LogP contribution in [0.4, 0.5) is 11.6 Å². The van der Waals surface area contributed by atoms with Crippen LogP contribution in [0.2, 0.25) is 10.0 Å². The Kier molecular flexibility index (Phi) is 8.24. The number of nitrogens with zero attached hydrogens (tertiary/aromatic N) is 2. The second-order valence-corrected chi connectivity index (χ2v) is 10.5. The largest absolute Gasteiger partial charge is 0.394 e. The molecule has 1 atom stereocenters. The van der Waals surface area contributed by atoms with Crippen molar-refractivity contribution >= 4 is 56.6 Å². The van der Waals surface area contributed by atoms with Crippen molar-refractivity contribution in [2.24, 2.45) is 0 Å². The maximum atomic E-state index is 13.0. The van der Waals surface area contributed by atoms with Gasteiger partial charge in [0.05, 0.1) is 11.6 Å². The standard InChI is InChI=1S/C21H22Cl2N4O3S2/c1-13-8-18(17(23)9-16(13)22)32(29,30)27-20-10-19(24-14(2)11-28)25-21(26-20)31-12-15-6-4-3-5-7-15/h3-10,14,28H,11-12H2,1-2H3,(H2,24,25,26,27)/t14-/m1/s1. The number of benzene rings is 2. The van der Waals surface area contributed by atoms with E-state index < -0.39 is 10.0 Å². The molecule has 2 aromatic carbocycles. The number of anilines is 2. The van der Waals surface area contributed by atoms with Crippen molar-refractivity contribution in [3.63, 3.8) is 0 Å². The van der Waals surface area contributed by atoms with E-state index in [9.17, 15) is 13.5 Å². The summed E-state index contributed by atoms with van der Waals surface area (Å²) in [5, 5.41) is 13.1. The van der Waals surface area contributed by atoms with Gasteiger partial charge in [0.2, 0.25) is 0 Å². The lowest BCUT2D eigenvalue weighted by Gasteiger charge is -2.15. The van der Waals surface area contributed by atoms with Crippen LogP contribution in [0.1, 0.15) is 18.1 Å². The van der Waals surface area contributed by atoms with Crippen LogP contribution in [0.5, 0.6) is 0 Å². The first kappa shape index (κ1) is 24.6. The number of aromatic nitrogens is 2. The van der Waals surface area contributed by atoms with Gasteiger partial charge in [-0.05, 0) is 37.1 Å². The molecule has 0 radical (unpaired) electrons. The maximum absolute atomic E-state index is 13.0. The Morgan fingerprint density at radius 2 is 1.75 bits per heavy atom. The summed E-state index contributed by atoms with van der Waals surface area (Å²) in [5.74, 6) is 1.06. The van der Waals surface area contributed by atoms with Crippen molar-refractivity contribution in [1.82, 2.24) is 9.97 Å². The molecule has 0 saturated carbocycles. The third-order valence-electron chi connectivity index (χ3n) is 4.33. The Bertz CT molecular complexity index is 1200. The normalized spacial score (nSPS) is 12.4. The van der Waals surface area contributed by atoms with E-state index in [1.807, 2.05) is 30.3 Å². The minimum atomic E-state index is -4.04. The first-order valence-electron chi connectivity index (χ1n) is 9.59. The van der Waals surface area contributed by atoms with Gasteiger partial charge in [-0.3, -0.25) is 4.72 Å². The Labute approximate surface area is 201 Å². The van der Waals surface area contributed by atoms with E-state index in [4.69, 9.17) is 23.2 Å². The number of nitrogens with one attached hydrogen (secondary N) is 2. The molecule has 0 unspecified atom stereocenters. The van der Waals surface area contributed by atoms with Crippen LogP contribution in [0.3, 0.4) is 0 Å². The number of aliphatic hydroxyl groups excluding tert-OH is 1. The highest BCUT2D eigenvalue weighted by atomic mass is 35.5. The highest BCUT2D eigenvalue weighted by molar-refractivity contribution is 7.98. The van der Waals surface area contributed by atoms with E-state index >= 15 is 0 Å². The van der Waals surface area contributed by atoms with Gasteiger partial charge in [-0.25, -0.2) is 18.4 Å².